The number of anilines is 1. The van der Waals surface area contributed by atoms with Crippen molar-refractivity contribution in [3.8, 4) is 0 Å². The van der Waals surface area contributed by atoms with E-state index >= 15 is 0 Å². The molecule has 1 fully saturated rings. The first-order valence-corrected chi connectivity index (χ1v) is 9.22. The number of hydrogen-bond donors (Lipinski definition) is 1. The number of carbonyl (C=O) groups is 2. The molecule has 2 N–H and O–H groups in total. The Bertz CT molecular complexity index is 803. The molecular formula is C18H22N4O2S. The van der Waals surface area contributed by atoms with Crippen molar-refractivity contribution in [2.24, 2.45) is 5.84 Å². The summed E-state index contributed by atoms with van der Waals surface area (Å²) < 4.78 is 0.946. The summed E-state index contributed by atoms with van der Waals surface area (Å²) in [5, 5.41) is 1.38. The number of amides is 1. The van der Waals surface area contributed by atoms with Crippen molar-refractivity contribution in [3.63, 3.8) is 0 Å². The fraction of sp³-hybridized carbons (Fsp3) is 0.389. The van der Waals surface area contributed by atoms with Crippen molar-refractivity contribution in [2.75, 3.05) is 18.1 Å². The van der Waals surface area contributed by atoms with Gasteiger partial charge in [0.1, 0.15) is 5.57 Å². The number of hydrogen-bond acceptors (Lipinski definition) is 6. The lowest BCUT2D eigenvalue weighted by molar-refractivity contribution is -0.120. The molecule has 25 heavy (non-hydrogen) atoms. The molecule has 0 bridgehead atoms. The number of aromatic nitrogens is 1. The number of ketones is 1. The van der Waals surface area contributed by atoms with Crippen LogP contribution in [0.1, 0.15) is 33.1 Å². The zero-order valence-corrected chi connectivity index (χ0v) is 15.3. The van der Waals surface area contributed by atoms with E-state index in [9.17, 15) is 9.59 Å². The molecule has 0 atom stereocenters. The summed E-state index contributed by atoms with van der Waals surface area (Å²) in [5.41, 5.74) is 1.63. The fourth-order valence-electron chi connectivity index (χ4n) is 3.12. The summed E-state index contributed by atoms with van der Waals surface area (Å²) in [7, 11) is 0. The highest BCUT2D eigenvalue weighted by Crippen LogP contribution is 2.28. The summed E-state index contributed by atoms with van der Waals surface area (Å²) in [5.74, 6) is 5.26. The van der Waals surface area contributed by atoms with Crippen molar-refractivity contribution >= 4 is 38.4 Å². The van der Waals surface area contributed by atoms with Crippen LogP contribution in [0.15, 0.2) is 35.5 Å². The van der Waals surface area contributed by atoms with Gasteiger partial charge >= 0.3 is 0 Å². The SMILES string of the molecule is CC(=O)C(C(=O)N(N)c1nc2ccccc2s1)=C(C)N1CCCCC1. The van der Waals surface area contributed by atoms with Gasteiger partial charge in [0.25, 0.3) is 5.91 Å². The minimum atomic E-state index is -0.505. The van der Waals surface area contributed by atoms with E-state index in [-0.39, 0.29) is 11.4 Å². The Morgan fingerprint density at radius 1 is 1.16 bits per heavy atom. The first-order valence-electron chi connectivity index (χ1n) is 8.40. The second-order valence-electron chi connectivity index (χ2n) is 6.20. The maximum absolute atomic E-state index is 12.9. The summed E-state index contributed by atoms with van der Waals surface area (Å²) in [6, 6.07) is 7.59. The van der Waals surface area contributed by atoms with Crippen LogP contribution in [0, 0.1) is 0 Å². The molecular weight excluding hydrogens is 336 g/mol. The number of benzene rings is 1. The molecule has 3 rings (SSSR count). The Kier molecular flexibility index (Phi) is 5.15. The van der Waals surface area contributed by atoms with Crippen LogP contribution in [0.2, 0.25) is 0 Å². The molecule has 7 heteroatoms. The van der Waals surface area contributed by atoms with Gasteiger partial charge in [0.2, 0.25) is 5.13 Å². The Morgan fingerprint density at radius 3 is 2.48 bits per heavy atom. The number of carbonyl (C=O) groups excluding carboxylic acids is 2. The van der Waals surface area contributed by atoms with Crippen molar-refractivity contribution in [2.45, 2.75) is 33.1 Å². The van der Waals surface area contributed by atoms with Gasteiger partial charge in [0, 0.05) is 18.8 Å². The first-order chi connectivity index (χ1) is 12.0. The van der Waals surface area contributed by atoms with Gasteiger partial charge in [0.05, 0.1) is 10.2 Å². The number of hydrazine groups is 1. The molecule has 0 radical (unpaired) electrons. The van der Waals surface area contributed by atoms with E-state index in [1.54, 1.807) is 0 Å². The zero-order valence-electron chi connectivity index (χ0n) is 14.5. The number of likely N-dealkylation sites (tertiary alicyclic amines) is 1. The van der Waals surface area contributed by atoms with Crippen LogP contribution in [-0.2, 0) is 9.59 Å². The van der Waals surface area contributed by atoms with Crippen LogP contribution >= 0.6 is 11.3 Å². The van der Waals surface area contributed by atoms with E-state index in [0.717, 1.165) is 41.2 Å². The fourth-order valence-corrected chi connectivity index (χ4v) is 4.00. The number of allylic oxidation sites excluding steroid dienone is 1. The molecule has 0 spiro atoms. The largest absolute Gasteiger partial charge is 0.374 e. The van der Waals surface area contributed by atoms with E-state index in [4.69, 9.17) is 5.84 Å². The molecule has 1 aromatic carbocycles. The van der Waals surface area contributed by atoms with Crippen molar-refractivity contribution < 1.29 is 9.59 Å². The molecule has 132 valence electrons. The number of thiazole rings is 1. The molecule has 0 saturated carbocycles. The van der Waals surface area contributed by atoms with Gasteiger partial charge in [-0.05, 0) is 45.2 Å². The van der Waals surface area contributed by atoms with Gasteiger partial charge in [-0.3, -0.25) is 9.59 Å². The predicted octanol–water partition coefficient (Wildman–Crippen LogP) is 2.85. The molecule has 6 nitrogen and oxygen atoms in total. The monoisotopic (exact) mass is 358 g/mol. The minimum absolute atomic E-state index is 0.142. The van der Waals surface area contributed by atoms with Gasteiger partial charge in [-0.15, -0.1) is 0 Å². The van der Waals surface area contributed by atoms with Crippen LogP contribution in [-0.4, -0.2) is 34.7 Å². The molecule has 1 aliphatic heterocycles. The van der Waals surface area contributed by atoms with Crippen LogP contribution in [0.5, 0.6) is 0 Å². The number of nitrogens with two attached hydrogens (primary N) is 1. The van der Waals surface area contributed by atoms with Crippen molar-refractivity contribution in [3.05, 3.63) is 35.5 Å². The first kappa shape index (κ1) is 17.6. The topological polar surface area (TPSA) is 79.5 Å². The molecule has 2 heterocycles. The average Bonchev–Trinajstić information content (AvgIpc) is 3.05. The smallest absolute Gasteiger partial charge is 0.279 e. The number of Topliss-reactive ketones (excluding diaryl/α,β-unsaturated/α-hetero) is 1. The third-order valence-electron chi connectivity index (χ3n) is 4.47. The van der Waals surface area contributed by atoms with Crippen molar-refractivity contribution in [1.82, 2.24) is 9.88 Å². The summed E-state index contributed by atoms with van der Waals surface area (Å²) in [6.45, 7) is 4.96. The van der Waals surface area contributed by atoms with E-state index in [2.05, 4.69) is 9.88 Å². The second-order valence-corrected chi connectivity index (χ2v) is 7.21. The number of nitrogens with zero attached hydrogens (tertiary/aromatic N) is 3. The molecule has 2 aromatic rings. The lowest BCUT2D eigenvalue weighted by atomic mass is 10.1. The van der Waals surface area contributed by atoms with E-state index in [0.29, 0.717) is 10.8 Å². The van der Waals surface area contributed by atoms with Crippen molar-refractivity contribution in [1.29, 1.82) is 0 Å². The van der Waals surface area contributed by atoms with Crippen LogP contribution < -0.4 is 10.9 Å². The summed E-state index contributed by atoms with van der Waals surface area (Å²) in [6.07, 6.45) is 3.32. The molecule has 0 aliphatic carbocycles. The highest BCUT2D eigenvalue weighted by atomic mass is 32.1. The van der Waals surface area contributed by atoms with E-state index < -0.39 is 5.91 Å². The van der Waals surface area contributed by atoms with Gasteiger partial charge in [-0.2, -0.15) is 0 Å². The highest BCUT2D eigenvalue weighted by Gasteiger charge is 2.27. The van der Waals surface area contributed by atoms with Gasteiger partial charge in [-0.1, -0.05) is 23.5 Å². The second kappa shape index (κ2) is 7.33. The average molecular weight is 358 g/mol. The summed E-state index contributed by atoms with van der Waals surface area (Å²) in [4.78, 5) is 31.6. The lowest BCUT2D eigenvalue weighted by Gasteiger charge is -2.31. The number of piperidine rings is 1. The quantitative estimate of drug-likeness (QED) is 0.227. The zero-order chi connectivity index (χ0) is 18.0. The molecule has 1 amide bonds. The Morgan fingerprint density at radius 2 is 1.84 bits per heavy atom. The Balaban J connectivity index is 1.92. The van der Waals surface area contributed by atoms with E-state index in [1.165, 1.54) is 24.7 Å². The van der Waals surface area contributed by atoms with E-state index in [1.807, 2.05) is 31.2 Å². The van der Waals surface area contributed by atoms with Gasteiger partial charge < -0.3 is 4.90 Å². The van der Waals surface area contributed by atoms with Crippen LogP contribution in [0.25, 0.3) is 10.2 Å². The van der Waals surface area contributed by atoms with Gasteiger partial charge in [-0.25, -0.2) is 15.8 Å². The van der Waals surface area contributed by atoms with Crippen LogP contribution in [0.3, 0.4) is 0 Å². The highest BCUT2D eigenvalue weighted by molar-refractivity contribution is 7.22. The Hall–Kier alpha value is -2.25. The maximum Gasteiger partial charge on any atom is 0.279 e. The number of fused-ring (bicyclic) bond motifs is 1. The van der Waals surface area contributed by atoms with Gasteiger partial charge in [0.15, 0.2) is 5.78 Å². The number of para-hydroxylation sites is 1. The maximum atomic E-state index is 12.9. The molecule has 1 saturated heterocycles. The molecule has 0 unspecified atom stereocenters. The third-order valence-corrected chi connectivity index (χ3v) is 5.50. The van der Waals surface area contributed by atoms with Crippen LogP contribution in [0.4, 0.5) is 5.13 Å². The normalized spacial score (nSPS) is 15.9. The Labute approximate surface area is 150 Å². The predicted molar refractivity (Wildman–Crippen MR) is 100 cm³/mol. The number of rotatable bonds is 4. The molecule has 1 aromatic heterocycles. The lowest BCUT2D eigenvalue weighted by Crippen LogP contribution is -2.42. The minimum Gasteiger partial charge on any atom is -0.374 e. The standard InChI is InChI=1S/C18H22N4O2S/c1-12(21-10-6-3-7-11-21)16(13(2)23)17(24)22(19)18-20-14-8-4-5-9-15(14)25-18/h4-5,8-9H,3,6-7,10-11,19H2,1-2H3. The third kappa shape index (κ3) is 3.57. The molecule has 1 aliphatic rings. The summed E-state index contributed by atoms with van der Waals surface area (Å²) >= 11 is 1.33.